The van der Waals surface area contributed by atoms with E-state index in [2.05, 4.69) is 20.9 Å². The Hall–Kier alpha value is -2.56. The van der Waals surface area contributed by atoms with Crippen molar-refractivity contribution in [2.75, 3.05) is 31.1 Å². The number of halogens is 1. The number of anilines is 1. The topological polar surface area (TPSA) is 99.0 Å². The molecule has 0 spiro atoms. The number of hydrogen-bond donors (Lipinski definition) is 3. The van der Waals surface area contributed by atoms with E-state index < -0.39 is 0 Å². The summed E-state index contributed by atoms with van der Waals surface area (Å²) in [5.41, 5.74) is 2.86. The van der Waals surface area contributed by atoms with Gasteiger partial charge in [0, 0.05) is 43.9 Å². The van der Waals surface area contributed by atoms with E-state index in [1.165, 1.54) is 6.26 Å². The summed E-state index contributed by atoms with van der Waals surface area (Å²) < 4.78 is 5.19. The van der Waals surface area contributed by atoms with Crippen LogP contribution in [0.4, 0.5) is 5.69 Å². The third kappa shape index (κ3) is 7.25. The number of furan rings is 1. The van der Waals surface area contributed by atoms with E-state index in [9.17, 15) is 9.59 Å². The summed E-state index contributed by atoms with van der Waals surface area (Å²) in [6.45, 7) is 7.19. The molecule has 1 aliphatic heterocycles. The third-order valence-electron chi connectivity index (χ3n) is 5.09. The van der Waals surface area contributed by atoms with Gasteiger partial charge in [0.25, 0.3) is 5.91 Å². The van der Waals surface area contributed by atoms with Crippen LogP contribution in [0, 0.1) is 6.92 Å². The fourth-order valence-corrected chi connectivity index (χ4v) is 3.40. The second-order valence-electron chi connectivity index (χ2n) is 7.48. The molecule has 1 aliphatic rings. The molecule has 1 aromatic carbocycles. The number of aliphatic imine (C=N–C) groups is 1. The molecule has 3 N–H and O–H groups in total. The van der Waals surface area contributed by atoms with E-state index in [4.69, 9.17) is 4.42 Å². The molecule has 2 amide bonds. The number of guanidine groups is 1. The Morgan fingerprint density at radius 1 is 1.12 bits per heavy atom. The number of nitrogens with one attached hydrogen (secondary N) is 3. The zero-order chi connectivity index (χ0) is 22.1. The van der Waals surface area contributed by atoms with Gasteiger partial charge >= 0.3 is 0 Å². The standard InChI is InChI=1S/C23H31N5O3.HI/c1-3-24-23(26-13-5-12-25-22(30)21-17(2)11-15-31-21)27-16-18-7-9-19(10-8-18)28-14-4-6-20(28)29;/h7-11,15H,3-6,12-14,16H2,1-2H3,(H,25,30)(H2,24,26,27);1H. The first kappa shape index (κ1) is 25.7. The lowest BCUT2D eigenvalue weighted by atomic mass is 10.2. The van der Waals surface area contributed by atoms with Gasteiger partial charge in [-0.1, -0.05) is 12.1 Å². The molecular formula is C23H32IN5O3. The highest BCUT2D eigenvalue weighted by Crippen LogP contribution is 2.21. The molecule has 32 heavy (non-hydrogen) atoms. The number of nitrogens with zero attached hydrogens (tertiary/aromatic N) is 2. The fraction of sp³-hybridized carbons (Fsp3) is 0.435. The molecule has 0 bridgehead atoms. The second kappa shape index (κ2) is 13.1. The van der Waals surface area contributed by atoms with E-state index >= 15 is 0 Å². The van der Waals surface area contributed by atoms with Gasteiger partial charge in [-0.25, -0.2) is 4.99 Å². The minimum atomic E-state index is -0.192. The lowest BCUT2D eigenvalue weighted by molar-refractivity contribution is -0.117. The lowest BCUT2D eigenvalue weighted by Gasteiger charge is -2.16. The SMILES string of the molecule is CCNC(=NCc1ccc(N2CCCC2=O)cc1)NCCCNC(=O)c1occc1C.I. The summed E-state index contributed by atoms with van der Waals surface area (Å²) in [5.74, 6) is 1.10. The smallest absolute Gasteiger partial charge is 0.287 e. The molecule has 174 valence electrons. The van der Waals surface area contributed by atoms with Crippen molar-refractivity contribution in [1.82, 2.24) is 16.0 Å². The van der Waals surface area contributed by atoms with Crippen LogP contribution in [0.5, 0.6) is 0 Å². The number of amides is 2. The second-order valence-corrected chi connectivity index (χ2v) is 7.48. The van der Waals surface area contributed by atoms with E-state index in [-0.39, 0.29) is 35.8 Å². The van der Waals surface area contributed by atoms with Crippen molar-refractivity contribution in [3.63, 3.8) is 0 Å². The maximum absolute atomic E-state index is 12.0. The summed E-state index contributed by atoms with van der Waals surface area (Å²) in [6.07, 6.45) is 3.84. The summed E-state index contributed by atoms with van der Waals surface area (Å²) in [6, 6.07) is 9.77. The Bertz CT molecular complexity index is 911. The maximum Gasteiger partial charge on any atom is 0.287 e. The lowest BCUT2D eigenvalue weighted by Crippen LogP contribution is -2.38. The van der Waals surface area contributed by atoms with Gasteiger partial charge in [0.2, 0.25) is 5.91 Å². The van der Waals surface area contributed by atoms with Crippen molar-refractivity contribution in [3.8, 4) is 0 Å². The molecule has 3 rings (SSSR count). The molecular weight excluding hydrogens is 521 g/mol. The Morgan fingerprint density at radius 2 is 1.88 bits per heavy atom. The summed E-state index contributed by atoms with van der Waals surface area (Å²) in [7, 11) is 0. The molecule has 0 aliphatic carbocycles. The van der Waals surface area contributed by atoms with Gasteiger partial charge in [-0.15, -0.1) is 24.0 Å². The summed E-state index contributed by atoms with van der Waals surface area (Å²) in [5, 5.41) is 9.37. The van der Waals surface area contributed by atoms with E-state index in [0.29, 0.717) is 31.8 Å². The van der Waals surface area contributed by atoms with Crippen molar-refractivity contribution in [2.45, 2.75) is 39.7 Å². The third-order valence-corrected chi connectivity index (χ3v) is 5.09. The molecule has 0 unspecified atom stereocenters. The summed E-state index contributed by atoms with van der Waals surface area (Å²) in [4.78, 5) is 30.4. The monoisotopic (exact) mass is 553 g/mol. The van der Waals surface area contributed by atoms with Gasteiger partial charge in [-0.3, -0.25) is 9.59 Å². The summed E-state index contributed by atoms with van der Waals surface area (Å²) >= 11 is 0. The number of rotatable bonds is 9. The average Bonchev–Trinajstić information content (AvgIpc) is 3.40. The van der Waals surface area contributed by atoms with E-state index in [1.54, 1.807) is 6.07 Å². The van der Waals surface area contributed by atoms with Crippen molar-refractivity contribution < 1.29 is 14.0 Å². The largest absolute Gasteiger partial charge is 0.459 e. The van der Waals surface area contributed by atoms with Gasteiger partial charge < -0.3 is 25.3 Å². The van der Waals surface area contributed by atoms with Gasteiger partial charge in [0.15, 0.2) is 11.7 Å². The highest BCUT2D eigenvalue weighted by atomic mass is 127. The van der Waals surface area contributed by atoms with Crippen molar-refractivity contribution in [3.05, 3.63) is 53.5 Å². The van der Waals surface area contributed by atoms with Crippen LogP contribution in [0.25, 0.3) is 0 Å². The molecule has 2 heterocycles. The van der Waals surface area contributed by atoms with Crippen LogP contribution in [-0.2, 0) is 11.3 Å². The van der Waals surface area contributed by atoms with Crippen LogP contribution in [-0.4, -0.2) is 44.0 Å². The first-order chi connectivity index (χ1) is 15.1. The van der Waals surface area contributed by atoms with Crippen LogP contribution in [0.2, 0.25) is 0 Å². The van der Waals surface area contributed by atoms with E-state index in [1.807, 2.05) is 43.0 Å². The van der Waals surface area contributed by atoms with Gasteiger partial charge in [-0.2, -0.15) is 0 Å². The predicted octanol–water partition coefficient (Wildman–Crippen LogP) is 3.21. The minimum absolute atomic E-state index is 0. The van der Waals surface area contributed by atoms with Crippen molar-refractivity contribution in [1.29, 1.82) is 0 Å². The molecule has 1 saturated heterocycles. The zero-order valence-corrected chi connectivity index (χ0v) is 21.0. The maximum atomic E-state index is 12.0. The molecule has 0 radical (unpaired) electrons. The van der Waals surface area contributed by atoms with Crippen molar-refractivity contribution >= 4 is 47.4 Å². The predicted molar refractivity (Wildman–Crippen MR) is 137 cm³/mol. The van der Waals surface area contributed by atoms with Gasteiger partial charge in [-0.05, 0) is 50.5 Å². The molecule has 1 fully saturated rings. The highest BCUT2D eigenvalue weighted by Gasteiger charge is 2.21. The Morgan fingerprint density at radius 3 is 2.50 bits per heavy atom. The van der Waals surface area contributed by atoms with Crippen LogP contribution in [0.15, 0.2) is 46.0 Å². The Kier molecular flexibility index (Phi) is 10.5. The Balaban J connectivity index is 0.00000363. The van der Waals surface area contributed by atoms with Crippen LogP contribution >= 0.6 is 24.0 Å². The van der Waals surface area contributed by atoms with Gasteiger partial charge in [0.05, 0.1) is 12.8 Å². The number of carbonyl (C=O) groups is 2. The van der Waals surface area contributed by atoms with Crippen LogP contribution in [0.1, 0.15) is 47.9 Å². The first-order valence-electron chi connectivity index (χ1n) is 10.8. The zero-order valence-electron chi connectivity index (χ0n) is 18.6. The number of carbonyl (C=O) groups excluding carboxylic acids is 2. The molecule has 2 aromatic rings. The number of benzene rings is 1. The number of hydrogen-bond acceptors (Lipinski definition) is 4. The fourth-order valence-electron chi connectivity index (χ4n) is 3.40. The average molecular weight is 553 g/mol. The molecule has 8 nitrogen and oxygen atoms in total. The minimum Gasteiger partial charge on any atom is -0.459 e. The van der Waals surface area contributed by atoms with Crippen molar-refractivity contribution in [2.24, 2.45) is 4.99 Å². The van der Waals surface area contributed by atoms with E-state index in [0.717, 1.165) is 48.7 Å². The Labute approximate surface area is 206 Å². The van der Waals surface area contributed by atoms with Crippen LogP contribution < -0.4 is 20.9 Å². The molecule has 0 atom stereocenters. The molecule has 0 saturated carbocycles. The first-order valence-corrected chi connectivity index (χ1v) is 10.8. The quantitative estimate of drug-likeness (QED) is 0.192. The number of aryl methyl sites for hydroxylation is 1. The molecule has 9 heteroatoms. The normalized spacial score (nSPS) is 13.6. The van der Waals surface area contributed by atoms with Gasteiger partial charge in [0.1, 0.15) is 0 Å². The highest BCUT2D eigenvalue weighted by molar-refractivity contribution is 14.0. The molecule has 1 aromatic heterocycles. The van der Waals surface area contributed by atoms with Crippen LogP contribution in [0.3, 0.4) is 0 Å².